The van der Waals surface area contributed by atoms with Crippen LogP contribution in [0.15, 0.2) is 30.4 Å². The van der Waals surface area contributed by atoms with Crippen molar-refractivity contribution in [3.63, 3.8) is 0 Å². The molecule has 8 unspecified atom stereocenters. The van der Waals surface area contributed by atoms with E-state index in [2.05, 4.69) is 28.7 Å². The molecule has 0 saturated heterocycles. The molecule has 4 aliphatic rings. The Morgan fingerprint density at radius 1 is 1.19 bits per heavy atom. The molecule has 0 spiro atoms. The standard InChI is InChI=1S/C28H44N2O2/c1-27(2,32)12-10-20(17-30-15-14-29-18-30)25-8-9-26-24-6-4-19-16-21(31)5-7-22(19)23(24)11-13-28(25,26)3/h4,14-15,18,20-26,31-32H,5-13,16-17H2,1-3H3. The Bertz CT molecular complexity index is 810. The SMILES string of the molecule is CC(C)(O)CCC(Cn1ccnc1)C1CCC2C3CC=C4CC(O)CCC4C3CCC12C. The van der Waals surface area contributed by atoms with Gasteiger partial charge in [0.05, 0.1) is 18.0 Å². The Morgan fingerprint density at radius 2 is 2.03 bits per heavy atom. The van der Waals surface area contributed by atoms with Crippen molar-refractivity contribution in [2.75, 3.05) is 0 Å². The predicted octanol–water partition coefficient (Wildman–Crippen LogP) is 5.60. The molecular weight excluding hydrogens is 396 g/mol. The van der Waals surface area contributed by atoms with Crippen LogP contribution in [-0.2, 0) is 6.54 Å². The second kappa shape index (κ2) is 8.58. The molecule has 1 aromatic rings. The highest BCUT2D eigenvalue weighted by Gasteiger charge is 2.57. The molecule has 0 amide bonds. The number of imidazole rings is 1. The zero-order chi connectivity index (χ0) is 22.5. The molecule has 2 N–H and O–H groups in total. The third-order valence-electron chi connectivity index (χ3n) is 10.2. The van der Waals surface area contributed by atoms with Crippen LogP contribution in [0.1, 0.15) is 85.0 Å². The number of aliphatic hydroxyl groups is 2. The Hall–Kier alpha value is -1.13. The maximum Gasteiger partial charge on any atom is 0.0945 e. The van der Waals surface area contributed by atoms with Gasteiger partial charge in [0, 0.05) is 18.9 Å². The van der Waals surface area contributed by atoms with Crippen LogP contribution in [-0.4, -0.2) is 31.5 Å². The molecule has 3 fully saturated rings. The van der Waals surface area contributed by atoms with E-state index < -0.39 is 5.60 Å². The summed E-state index contributed by atoms with van der Waals surface area (Å²) >= 11 is 0. The van der Waals surface area contributed by atoms with E-state index >= 15 is 0 Å². The molecule has 4 heteroatoms. The summed E-state index contributed by atoms with van der Waals surface area (Å²) < 4.78 is 2.26. The van der Waals surface area contributed by atoms with E-state index in [4.69, 9.17) is 0 Å². The van der Waals surface area contributed by atoms with Gasteiger partial charge in [0.2, 0.25) is 0 Å². The van der Waals surface area contributed by atoms with Crippen LogP contribution in [0.4, 0.5) is 0 Å². The van der Waals surface area contributed by atoms with E-state index in [-0.39, 0.29) is 6.10 Å². The van der Waals surface area contributed by atoms with Crippen LogP contribution in [0, 0.1) is 40.9 Å². The first kappa shape index (κ1) is 22.7. The van der Waals surface area contributed by atoms with Crippen LogP contribution >= 0.6 is 0 Å². The summed E-state index contributed by atoms with van der Waals surface area (Å²) in [5.74, 6) is 4.60. The maximum absolute atomic E-state index is 10.5. The second-order valence-corrected chi connectivity index (χ2v) is 12.6. The largest absolute Gasteiger partial charge is 0.393 e. The van der Waals surface area contributed by atoms with E-state index in [0.29, 0.717) is 11.3 Å². The number of aliphatic hydroxyl groups excluding tert-OH is 1. The average Bonchev–Trinajstić information content (AvgIpc) is 3.37. The van der Waals surface area contributed by atoms with Gasteiger partial charge in [-0.05, 0) is 119 Å². The lowest BCUT2D eigenvalue weighted by molar-refractivity contribution is -0.0360. The first-order valence-corrected chi connectivity index (χ1v) is 13.3. The van der Waals surface area contributed by atoms with Gasteiger partial charge in [0.15, 0.2) is 0 Å². The first-order chi connectivity index (χ1) is 15.2. The van der Waals surface area contributed by atoms with Crippen molar-refractivity contribution in [2.24, 2.45) is 40.9 Å². The molecule has 1 aromatic heterocycles. The van der Waals surface area contributed by atoms with Gasteiger partial charge in [-0.1, -0.05) is 18.6 Å². The van der Waals surface area contributed by atoms with Crippen molar-refractivity contribution >= 4 is 0 Å². The van der Waals surface area contributed by atoms with Gasteiger partial charge in [-0.3, -0.25) is 0 Å². The average molecular weight is 441 g/mol. The number of rotatable bonds is 6. The summed E-state index contributed by atoms with van der Waals surface area (Å²) in [4.78, 5) is 4.30. The topological polar surface area (TPSA) is 58.3 Å². The minimum Gasteiger partial charge on any atom is -0.393 e. The van der Waals surface area contributed by atoms with Crippen LogP contribution in [0.3, 0.4) is 0 Å². The summed E-state index contributed by atoms with van der Waals surface area (Å²) in [5, 5.41) is 20.7. The van der Waals surface area contributed by atoms with Gasteiger partial charge in [-0.15, -0.1) is 0 Å². The Labute approximate surface area is 194 Å². The number of fused-ring (bicyclic) bond motifs is 5. The summed E-state index contributed by atoms with van der Waals surface area (Å²) in [6, 6.07) is 0. The molecule has 178 valence electrons. The lowest BCUT2D eigenvalue weighted by Crippen LogP contribution is -2.47. The number of hydrogen-bond donors (Lipinski definition) is 2. The number of allylic oxidation sites excluding steroid dienone is 1. The quantitative estimate of drug-likeness (QED) is 0.566. The minimum atomic E-state index is -0.597. The normalized spacial score (nSPS) is 40.2. The highest BCUT2D eigenvalue weighted by atomic mass is 16.3. The van der Waals surface area contributed by atoms with Crippen molar-refractivity contribution in [1.29, 1.82) is 0 Å². The fourth-order valence-electron chi connectivity index (χ4n) is 8.69. The van der Waals surface area contributed by atoms with Gasteiger partial charge in [0.25, 0.3) is 0 Å². The predicted molar refractivity (Wildman–Crippen MR) is 128 cm³/mol. The summed E-state index contributed by atoms with van der Waals surface area (Å²) in [5.41, 5.74) is 1.41. The van der Waals surface area contributed by atoms with Gasteiger partial charge in [-0.2, -0.15) is 0 Å². The van der Waals surface area contributed by atoms with Gasteiger partial charge in [-0.25, -0.2) is 4.98 Å². The van der Waals surface area contributed by atoms with Gasteiger partial charge < -0.3 is 14.8 Å². The lowest BCUT2D eigenvalue weighted by Gasteiger charge is -2.54. The molecule has 0 bridgehead atoms. The molecule has 0 aromatic carbocycles. The van der Waals surface area contributed by atoms with Crippen molar-refractivity contribution in [2.45, 2.75) is 103 Å². The molecule has 5 rings (SSSR count). The molecule has 4 aliphatic carbocycles. The van der Waals surface area contributed by atoms with Gasteiger partial charge in [0.1, 0.15) is 0 Å². The molecule has 8 atom stereocenters. The fourth-order valence-corrected chi connectivity index (χ4v) is 8.69. The third-order valence-corrected chi connectivity index (χ3v) is 10.2. The molecule has 3 saturated carbocycles. The number of nitrogens with zero attached hydrogens (tertiary/aromatic N) is 2. The highest BCUT2D eigenvalue weighted by Crippen LogP contribution is 2.65. The van der Waals surface area contributed by atoms with E-state index in [9.17, 15) is 10.2 Å². The van der Waals surface area contributed by atoms with Crippen molar-refractivity contribution in [1.82, 2.24) is 9.55 Å². The first-order valence-electron chi connectivity index (χ1n) is 13.3. The third kappa shape index (κ3) is 4.22. The van der Waals surface area contributed by atoms with Crippen LogP contribution in [0.5, 0.6) is 0 Å². The summed E-state index contributed by atoms with van der Waals surface area (Å²) in [6.45, 7) is 7.57. The van der Waals surface area contributed by atoms with E-state index in [1.54, 1.807) is 5.57 Å². The Balaban J connectivity index is 1.36. The molecule has 1 heterocycles. The second-order valence-electron chi connectivity index (χ2n) is 12.6. The number of aromatic nitrogens is 2. The minimum absolute atomic E-state index is 0.0986. The Kier molecular flexibility index (Phi) is 6.07. The molecule has 0 radical (unpaired) electrons. The molecule has 0 aliphatic heterocycles. The maximum atomic E-state index is 10.5. The fraction of sp³-hybridized carbons (Fsp3) is 0.821. The smallest absolute Gasteiger partial charge is 0.0945 e. The summed E-state index contributed by atoms with van der Waals surface area (Å²) in [6.07, 6.45) is 20.2. The van der Waals surface area contributed by atoms with Crippen LogP contribution in [0.25, 0.3) is 0 Å². The van der Waals surface area contributed by atoms with E-state index in [1.807, 2.05) is 26.4 Å². The van der Waals surface area contributed by atoms with Crippen molar-refractivity contribution < 1.29 is 10.2 Å². The zero-order valence-electron chi connectivity index (χ0n) is 20.4. The summed E-state index contributed by atoms with van der Waals surface area (Å²) in [7, 11) is 0. The molecular formula is C28H44N2O2. The number of hydrogen-bond acceptors (Lipinski definition) is 3. The Morgan fingerprint density at radius 3 is 2.78 bits per heavy atom. The van der Waals surface area contributed by atoms with Crippen LogP contribution < -0.4 is 0 Å². The van der Waals surface area contributed by atoms with E-state index in [0.717, 1.165) is 61.8 Å². The van der Waals surface area contributed by atoms with Crippen molar-refractivity contribution in [3.05, 3.63) is 30.4 Å². The molecule has 32 heavy (non-hydrogen) atoms. The van der Waals surface area contributed by atoms with Gasteiger partial charge >= 0.3 is 0 Å². The highest BCUT2D eigenvalue weighted by molar-refractivity contribution is 5.20. The zero-order valence-corrected chi connectivity index (χ0v) is 20.4. The monoisotopic (exact) mass is 440 g/mol. The lowest BCUT2D eigenvalue weighted by atomic mass is 9.51. The molecule has 4 nitrogen and oxygen atoms in total. The van der Waals surface area contributed by atoms with E-state index in [1.165, 1.54) is 38.5 Å². The van der Waals surface area contributed by atoms with Crippen molar-refractivity contribution in [3.8, 4) is 0 Å². The van der Waals surface area contributed by atoms with Crippen LogP contribution in [0.2, 0.25) is 0 Å².